The van der Waals surface area contributed by atoms with Gasteiger partial charge in [0.1, 0.15) is 0 Å². The van der Waals surface area contributed by atoms with Crippen LogP contribution in [0, 0.1) is 0 Å². The van der Waals surface area contributed by atoms with E-state index < -0.39 is 5.79 Å². The van der Waals surface area contributed by atoms with Crippen molar-refractivity contribution in [2.45, 2.75) is 24.7 Å². The number of hydrogen-bond donors (Lipinski definition) is 0. The van der Waals surface area contributed by atoms with E-state index >= 15 is 0 Å². The molecule has 4 rings (SSSR count). The number of rotatable bonds is 2. The highest BCUT2D eigenvalue weighted by Crippen LogP contribution is 2.45. The highest BCUT2D eigenvalue weighted by molar-refractivity contribution is 5.46. The Kier molecular flexibility index (Phi) is 3.72. The molecule has 0 bridgehead atoms. The molecule has 2 aliphatic rings. The number of hydrogen-bond acceptors (Lipinski definition) is 3. The standard InChI is InChI=1S/C20H23NO2/c1-21(2)13-17-14-22-20(23-17)18-9-5-3-7-15(18)11-12-16-8-4-6-10-19(16)20/h3-10,17H,11-14H2,1-2H3/t17-/m0/s1. The summed E-state index contributed by atoms with van der Waals surface area (Å²) < 4.78 is 12.9. The summed E-state index contributed by atoms with van der Waals surface area (Å²) >= 11 is 0. The Morgan fingerprint density at radius 2 is 1.52 bits per heavy atom. The van der Waals surface area contributed by atoms with Crippen LogP contribution in [0.1, 0.15) is 22.3 Å². The number of likely N-dealkylation sites (N-methyl/N-ethyl adjacent to an activating group) is 1. The molecule has 2 aromatic rings. The van der Waals surface area contributed by atoms with E-state index in [1.54, 1.807) is 0 Å². The van der Waals surface area contributed by atoms with E-state index in [-0.39, 0.29) is 6.10 Å². The molecule has 0 N–H and O–H groups in total. The zero-order valence-electron chi connectivity index (χ0n) is 13.8. The molecule has 1 heterocycles. The molecule has 0 unspecified atom stereocenters. The first-order valence-corrected chi connectivity index (χ1v) is 8.32. The van der Waals surface area contributed by atoms with Crippen LogP contribution in [0.4, 0.5) is 0 Å². The summed E-state index contributed by atoms with van der Waals surface area (Å²) in [5.74, 6) is -0.746. The Labute approximate surface area is 137 Å². The lowest BCUT2D eigenvalue weighted by atomic mass is 9.93. The summed E-state index contributed by atoms with van der Waals surface area (Å²) in [7, 11) is 4.15. The maximum Gasteiger partial charge on any atom is 0.223 e. The minimum Gasteiger partial charge on any atom is -0.339 e. The number of benzene rings is 2. The second kappa shape index (κ2) is 5.75. The van der Waals surface area contributed by atoms with Crippen LogP contribution >= 0.6 is 0 Å². The summed E-state index contributed by atoms with van der Waals surface area (Å²) in [6.07, 6.45) is 2.14. The fourth-order valence-electron chi connectivity index (χ4n) is 3.83. The lowest BCUT2D eigenvalue weighted by Gasteiger charge is -2.31. The van der Waals surface area contributed by atoms with Gasteiger partial charge in [-0.2, -0.15) is 0 Å². The first-order chi connectivity index (χ1) is 11.2. The SMILES string of the molecule is CN(C)C[C@H]1COC2(O1)c1ccccc1CCc1ccccc12. The molecular formula is C20H23NO2. The number of aryl methyl sites for hydroxylation is 2. The van der Waals surface area contributed by atoms with Crippen molar-refractivity contribution in [1.29, 1.82) is 0 Å². The first-order valence-electron chi connectivity index (χ1n) is 8.32. The van der Waals surface area contributed by atoms with E-state index in [0.29, 0.717) is 6.61 Å². The van der Waals surface area contributed by atoms with Crippen LogP contribution in [-0.2, 0) is 28.1 Å². The molecule has 1 aliphatic carbocycles. The van der Waals surface area contributed by atoms with Gasteiger partial charge in [0.2, 0.25) is 5.79 Å². The van der Waals surface area contributed by atoms with Gasteiger partial charge >= 0.3 is 0 Å². The van der Waals surface area contributed by atoms with Crippen LogP contribution in [0.2, 0.25) is 0 Å². The Morgan fingerprint density at radius 1 is 0.957 bits per heavy atom. The molecule has 1 fully saturated rings. The van der Waals surface area contributed by atoms with Gasteiger partial charge in [0.25, 0.3) is 0 Å². The van der Waals surface area contributed by atoms with Gasteiger partial charge in [-0.05, 0) is 38.1 Å². The van der Waals surface area contributed by atoms with Crippen molar-refractivity contribution in [1.82, 2.24) is 4.90 Å². The third-order valence-corrected chi connectivity index (χ3v) is 4.78. The Morgan fingerprint density at radius 3 is 2.09 bits per heavy atom. The first kappa shape index (κ1) is 14.9. The molecule has 1 saturated heterocycles. The summed E-state index contributed by atoms with van der Waals surface area (Å²) in [5, 5.41) is 0. The Balaban J connectivity index is 1.84. The average Bonchev–Trinajstić information content (AvgIpc) is 2.91. The van der Waals surface area contributed by atoms with Gasteiger partial charge < -0.3 is 14.4 Å². The normalized spacial score (nSPS) is 22.0. The topological polar surface area (TPSA) is 21.7 Å². The smallest absolute Gasteiger partial charge is 0.223 e. The molecule has 3 heteroatoms. The highest BCUT2D eigenvalue weighted by atomic mass is 16.7. The van der Waals surface area contributed by atoms with Crippen molar-refractivity contribution in [3.8, 4) is 0 Å². The van der Waals surface area contributed by atoms with Crippen LogP contribution in [-0.4, -0.2) is 38.3 Å². The molecule has 0 radical (unpaired) electrons. The van der Waals surface area contributed by atoms with Crippen molar-refractivity contribution in [3.05, 3.63) is 70.8 Å². The van der Waals surface area contributed by atoms with Gasteiger partial charge in [-0.25, -0.2) is 0 Å². The minimum atomic E-state index is -0.746. The van der Waals surface area contributed by atoms with E-state index in [9.17, 15) is 0 Å². The summed E-state index contributed by atoms with van der Waals surface area (Å²) in [6, 6.07) is 17.1. The van der Waals surface area contributed by atoms with E-state index in [1.807, 2.05) is 0 Å². The number of ether oxygens (including phenoxy) is 2. The van der Waals surface area contributed by atoms with E-state index in [0.717, 1.165) is 19.4 Å². The van der Waals surface area contributed by atoms with Crippen molar-refractivity contribution in [2.75, 3.05) is 27.2 Å². The van der Waals surface area contributed by atoms with Gasteiger partial charge in [0, 0.05) is 17.7 Å². The predicted octanol–water partition coefficient (Wildman–Crippen LogP) is 2.96. The summed E-state index contributed by atoms with van der Waals surface area (Å²) in [5.41, 5.74) is 5.00. The molecule has 120 valence electrons. The van der Waals surface area contributed by atoms with Gasteiger partial charge in [-0.3, -0.25) is 0 Å². The second-order valence-electron chi connectivity index (χ2n) is 6.74. The van der Waals surface area contributed by atoms with E-state index in [1.165, 1.54) is 22.3 Å². The monoisotopic (exact) mass is 309 g/mol. The molecule has 3 nitrogen and oxygen atoms in total. The van der Waals surface area contributed by atoms with Crippen LogP contribution < -0.4 is 0 Å². The molecule has 0 amide bonds. The number of fused-ring (bicyclic) bond motifs is 4. The van der Waals surface area contributed by atoms with Gasteiger partial charge in [-0.15, -0.1) is 0 Å². The molecule has 23 heavy (non-hydrogen) atoms. The molecular weight excluding hydrogens is 286 g/mol. The largest absolute Gasteiger partial charge is 0.339 e. The van der Waals surface area contributed by atoms with Crippen LogP contribution in [0.15, 0.2) is 48.5 Å². The van der Waals surface area contributed by atoms with Crippen LogP contribution in [0.3, 0.4) is 0 Å². The summed E-state index contributed by atoms with van der Waals surface area (Å²) in [6.45, 7) is 1.49. The van der Waals surface area contributed by atoms with Crippen molar-refractivity contribution in [3.63, 3.8) is 0 Å². The Bertz CT molecular complexity index is 663. The lowest BCUT2D eigenvalue weighted by molar-refractivity contribution is -0.144. The quantitative estimate of drug-likeness (QED) is 0.851. The molecule has 0 aromatic heterocycles. The lowest BCUT2D eigenvalue weighted by Crippen LogP contribution is -2.33. The van der Waals surface area contributed by atoms with E-state index in [2.05, 4.69) is 67.5 Å². The maximum absolute atomic E-state index is 6.57. The van der Waals surface area contributed by atoms with Crippen molar-refractivity contribution < 1.29 is 9.47 Å². The Hall–Kier alpha value is -1.68. The van der Waals surface area contributed by atoms with Crippen LogP contribution in [0.25, 0.3) is 0 Å². The third kappa shape index (κ3) is 2.49. The molecule has 1 atom stereocenters. The van der Waals surface area contributed by atoms with Gasteiger partial charge in [0.15, 0.2) is 0 Å². The summed E-state index contributed by atoms with van der Waals surface area (Å²) in [4.78, 5) is 2.15. The highest BCUT2D eigenvalue weighted by Gasteiger charge is 2.47. The van der Waals surface area contributed by atoms with Crippen molar-refractivity contribution >= 4 is 0 Å². The fourth-order valence-corrected chi connectivity index (χ4v) is 3.83. The van der Waals surface area contributed by atoms with Gasteiger partial charge in [0.05, 0.1) is 12.7 Å². The van der Waals surface area contributed by atoms with E-state index in [4.69, 9.17) is 9.47 Å². The second-order valence-corrected chi connectivity index (χ2v) is 6.74. The van der Waals surface area contributed by atoms with Gasteiger partial charge in [-0.1, -0.05) is 48.5 Å². The average molecular weight is 309 g/mol. The zero-order chi connectivity index (χ0) is 15.9. The number of nitrogens with zero attached hydrogens (tertiary/aromatic N) is 1. The van der Waals surface area contributed by atoms with Crippen molar-refractivity contribution in [2.24, 2.45) is 0 Å². The molecule has 2 aromatic carbocycles. The molecule has 1 spiro atoms. The predicted molar refractivity (Wildman–Crippen MR) is 90.5 cm³/mol. The molecule has 1 aliphatic heterocycles. The maximum atomic E-state index is 6.57. The van der Waals surface area contributed by atoms with Crippen LogP contribution in [0.5, 0.6) is 0 Å². The molecule has 0 saturated carbocycles. The third-order valence-electron chi connectivity index (χ3n) is 4.78. The fraction of sp³-hybridized carbons (Fsp3) is 0.400. The minimum absolute atomic E-state index is 0.0872. The zero-order valence-corrected chi connectivity index (χ0v) is 13.8.